The maximum atomic E-state index is 13.0. The predicted octanol–water partition coefficient (Wildman–Crippen LogP) is 0.0495. The van der Waals surface area contributed by atoms with Crippen LogP contribution in [0.5, 0.6) is 0 Å². The Morgan fingerprint density at radius 1 is 0.476 bits per heavy atom. The Balaban J connectivity index is 0.000000635. The number of carbonyl (C=O) groups is 11. The van der Waals surface area contributed by atoms with Crippen molar-refractivity contribution >= 4 is 65.1 Å². The molecule has 0 aromatic carbocycles. The molecule has 28 heteroatoms. The van der Waals surface area contributed by atoms with Gasteiger partial charge in [0, 0.05) is 78.7 Å². The Hall–Kier alpha value is -5.43. The average molecular weight is 1210 g/mol. The lowest BCUT2D eigenvalue weighted by Crippen LogP contribution is -2.68. The summed E-state index contributed by atoms with van der Waals surface area (Å²) in [6.07, 6.45) is -13.8. The molecule has 6 amide bonds. The quantitative estimate of drug-likeness (QED) is 0.0780. The summed E-state index contributed by atoms with van der Waals surface area (Å²) in [5.41, 5.74) is -1.77. The SMILES string of the molecule is COC(=O)CCC(=O)N(C(C)=O)C1C(C)C(OC(C)=O)C(COC(C)=O)OC1C(C)(C)C.COC(=O)CCC(=O)N(C(C)=O)C1C(O)C(O)C(CO)OC1C(C)(C)C.COC1OC(CO)C(O)C(O)C1N(C(C)=O)C(=O)CCC(=O)C(C)(C)C. The summed E-state index contributed by atoms with van der Waals surface area (Å²) in [6.45, 7) is 22.8. The number of amides is 6. The number of aliphatic hydroxyl groups is 6. The summed E-state index contributed by atoms with van der Waals surface area (Å²) in [6, 6.07) is -3.24. The van der Waals surface area contributed by atoms with Gasteiger partial charge in [-0.05, 0) is 10.8 Å². The monoisotopic (exact) mass is 1210 g/mol. The summed E-state index contributed by atoms with van der Waals surface area (Å²) in [7, 11) is 3.66. The first-order chi connectivity index (χ1) is 38.6. The third kappa shape index (κ3) is 21.5. The van der Waals surface area contributed by atoms with E-state index >= 15 is 0 Å². The molecule has 0 aromatic heterocycles. The van der Waals surface area contributed by atoms with Gasteiger partial charge in [-0.25, -0.2) is 0 Å². The van der Waals surface area contributed by atoms with Gasteiger partial charge in [-0.3, -0.25) is 67.4 Å². The van der Waals surface area contributed by atoms with Gasteiger partial charge >= 0.3 is 23.9 Å². The summed E-state index contributed by atoms with van der Waals surface area (Å²) >= 11 is 0. The molecule has 6 N–H and O–H groups in total. The highest BCUT2D eigenvalue weighted by molar-refractivity contribution is 5.98. The first kappa shape index (κ1) is 76.6. The number of hydrogen-bond donors (Lipinski definition) is 6. The molecule has 15 unspecified atom stereocenters. The van der Waals surface area contributed by atoms with Crippen molar-refractivity contribution in [2.75, 3.05) is 41.2 Å². The molecule has 3 aliphatic heterocycles. The number of imide groups is 3. The molecule has 0 bridgehead atoms. The molecule has 0 radical (unpaired) electrons. The standard InChI is InChI=1S/C22H35NO9.2C17H29NO8/c1-12-19(23(13(2)24)17(27)9-10-18(28)29-8)21(22(5,6)7)32-16(11-30-14(3)25)20(12)31-15(4)26;1-9(20)18(11(21)6-7-12(22)25-5)13-15(24)14(23)10(8-19)26-16(13)17(2,3)4;1-9(20)18(12(22)7-6-11(21)17(2,3)4)13-15(24)14(23)10(8-19)26-16(13)25-5/h12,16,19-21H,9-11H2,1-8H3;2*10,13-16,19,23-24H,6-8H2,1-5H3. The van der Waals surface area contributed by atoms with Crippen LogP contribution >= 0.6 is 0 Å². The molecule has 0 spiro atoms. The number of methoxy groups -OCH3 is 3. The number of aliphatic hydroxyl groups excluding tert-OH is 6. The van der Waals surface area contributed by atoms with E-state index in [2.05, 4.69) is 9.47 Å². The Morgan fingerprint density at radius 2 is 0.845 bits per heavy atom. The van der Waals surface area contributed by atoms with Crippen LogP contribution in [0.25, 0.3) is 0 Å². The lowest BCUT2D eigenvalue weighted by Gasteiger charge is -2.52. The Kier molecular flexibility index (Phi) is 30.5. The Morgan fingerprint density at radius 3 is 1.20 bits per heavy atom. The minimum Gasteiger partial charge on any atom is -0.469 e. The van der Waals surface area contributed by atoms with E-state index in [4.69, 9.17) is 28.4 Å². The van der Waals surface area contributed by atoms with Gasteiger partial charge < -0.3 is 68.5 Å². The number of carbonyl (C=O) groups excluding carboxylic acids is 11. The van der Waals surface area contributed by atoms with E-state index in [1.807, 2.05) is 20.8 Å². The third-order valence-corrected chi connectivity index (χ3v) is 14.1. The fourth-order valence-electron chi connectivity index (χ4n) is 9.83. The number of ether oxygens (including phenoxy) is 8. The first-order valence-electron chi connectivity index (χ1n) is 27.5. The third-order valence-electron chi connectivity index (χ3n) is 14.1. The van der Waals surface area contributed by atoms with Crippen LogP contribution in [0.1, 0.15) is 142 Å². The molecule has 28 nitrogen and oxygen atoms in total. The predicted molar refractivity (Wildman–Crippen MR) is 292 cm³/mol. The second-order valence-corrected chi connectivity index (χ2v) is 23.9. The Bertz CT molecular complexity index is 2270. The van der Waals surface area contributed by atoms with Crippen LogP contribution in [0.15, 0.2) is 0 Å². The van der Waals surface area contributed by atoms with Crippen molar-refractivity contribution < 1.29 is 121 Å². The number of Topliss-reactive ketones (excluding diaryl/α,β-unsaturated/α-hetero) is 1. The minimum absolute atomic E-state index is 0.0603. The topological polar surface area (TPSA) is 393 Å². The van der Waals surface area contributed by atoms with Gasteiger partial charge in [0.1, 0.15) is 67.3 Å². The van der Waals surface area contributed by atoms with Crippen LogP contribution < -0.4 is 0 Å². The van der Waals surface area contributed by atoms with Crippen LogP contribution in [0.4, 0.5) is 0 Å². The number of esters is 4. The fraction of sp³-hybridized carbons (Fsp3) is 0.804. The highest BCUT2D eigenvalue weighted by atomic mass is 16.7. The summed E-state index contributed by atoms with van der Waals surface area (Å²) in [5, 5.41) is 59.8. The molecule has 0 aliphatic carbocycles. The lowest BCUT2D eigenvalue weighted by atomic mass is 9.74. The van der Waals surface area contributed by atoms with E-state index in [0.717, 1.165) is 28.5 Å². The number of hydrogen-bond acceptors (Lipinski definition) is 25. The molecule has 3 aliphatic rings. The van der Waals surface area contributed by atoms with Crippen molar-refractivity contribution in [2.24, 2.45) is 22.2 Å². The maximum absolute atomic E-state index is 13.0. The van der Waals surface area contributed by atoms with Crippen LogP contribution in [-0.4, -0.2) is 237 Å². The second kappa shape index (κ2) is 33.5. The van der Waals surface area contributed by atoms with Crippen molar-refractivity contribution in [3.8, 4) is 0 Å². The fourth-order valence-corrected chi connectivity index (χ4v) is 9.83. The van der Waals surface area contributed by atoms with Gasteiger partial charge in [-0.2, -0.15) is 0 Å². The molecular weight excluding hydrogens is 1110 g/mol. The molecule has 3 rings (SSSR count). The van der Waals surface area contributed by atoms with Crippen molar-refractivity contribution in [3.63, 3.8) is 0 Å². The minimum atomic E-state index is -1.57. The van der Waals surface area contributed by atoms with Crippen molar-refractivity contribution in [2.45, 2.75) is 228 Å². The highest BCUT2D eigenvalue weighted by Crippen LogP contribution is 2.41. The van der Waals surface area contributed by atoms with E-state index in [1.165, 1.54) is 42.1 Å². The van der Waals surface area contributed by atoms with Gasteiger partial charge in [0.2, 0.25) is 35.4 Å². The molecule has 3 heterocycles. The number of ketones is 1. The molecule has 482 valence electrons. The number of nitrogens with zero attached hydrogens (tertiary/aromatic N) is 3. The normalized spacial score (nSPS) is 27.8. The molecule has 84 heavy (non-hydrogen) atoms. The van der Waals surface area contributed by atoms with E-state index in [0.29, 0.717) is 0 Å². The summed E-state index contributed by atoms with van der Waals surface area (Å²) < 4.78 is 42.1. The van der Waals surface area contributed by atoms with E-state index < -0.39 is 180 Å². The zero-order valence-corrected chi connectivity index (χ0v) is 51.8. The number of rotatable bonds is 18. The van der Waals surface area contributed by atoms with Gasteiger partial charge in [0.15, 0.2) is 6.29 Å². The molecule has 3 saturated heterocycles. The lowest BCUT2D eigenvalue weighted by molar-refractivity contribution is -0.276. The van der Waals surface area contributed by atoms with E-state index in [9.17, 15) is 83.4 Å². The summed E-state index contributed by atoms with van der Waals surface area (Å²) in [4.78, 5) is 136. The second-order valence-electron chi connectivity index (χ2n) is 23.9. The molecule has 3 fully saturated rings. The van der Waals surface area contributed by atoms with Crippen molar-refractivity contribution in [3.05, 3.63) is 0 Å². The summed E-state index contributed by atoms with van der Waals surface area (Å²) in [5.74, 6) is -6.69. The largest absolute Gasteiger partial charge is 0.469 e. The van der Waals surface area contributed by atoms with Gasteiger partial charge in [0.25, 0.3) is 0 Å². The molecule has 0 saturated carbocycles. The van der Waals surface area contributed by atoms with Crippen LogP contribution in [0.3, 0.4) is 0 Å². The van der Waals surface area contributed by atoms with Crippen molar-refractivity contribution in [1.82, 2.24) is 14.7 Å². The van der Waals surface area contributed by atoms with Crippen LogP contribution in [0, 0.1) is 22.2 Å². The van der Waals surface area contributed by atoms with Crippen LogP contribution in [0.2, 0.25) is 0 Å². The molecule has 15 atom stereocenters. The average Bonchev–Trinajstić information content (AvgIpc) is 1.73. The highest BCUT2D eigenvalue weighted by Gasteiger charge is 2.55. The van der Waals surface area contributed by atoms with Crippen LogP contribution in [-0.2, 0) is 90.6 Å². The maximum Gasteiger partial charge on any atom is 0.306 e. The van der Waals surface area contributed by atoms with E-state index in [1.54, 1.807) is 48.5 Å². The van der Waals surface area contributed by atoms with Gasteiger partial charge in [0.05, 0.1) is 64.6 Å². The van der Waals surface area contributed by atoms with Gasteiger partial charge in [-0.1, -0.05) is 69.2 Å². The van der Waals surface area contributed by atoms with Crippen molar-refractivity contribution in [1.29, 1.82) is 0 Å². The zero-order valence-electron chi connectivity index (χ0n) is 51.8. The molecular formula is C56H93N3O25. The van der Waals surface area contributed by atoms with Gasteiger partial charge in [-0.15, -0.1) is 0 Å². The smallest absolute Gasteiger partial charge is 0.306 e. The zero-order chi connectivity index (χ0) is 65.3. The van der Waals surface area contributed by atoms with E-state index in [-0.39, 0.29) is 50.9 Å². The molecule has 0 aromatic rings. The first-order valence-corrected chi connectivity index (χ1v) is 27.5. The Labute approximate surface area is 491 Å².